The lowest BCUT2D eigenvalue weighted by molar-refractivity contribution is -0.0503. The van der Waals surface area contributed by atoms with E-state index in [9.17, 15) is 21.6 Å². The molecule has 29 heavy (non-hydrogen) atoms. The predicted octanol–water partition coefficient (Wildman–Crippen LogP) is 3.44. The Labute approximate surface area is 166 Å². The van der Waals surface area contributed by atoms with Crippen molar-refractivity contribution in [1.29, 1.82) is 0 Å². The van der Waals surface area contributed by atoms with Crippen molar-refractivity contribution >= 4 is 21.2 Å². The number of imidazole rings is 1. The summed E-state index contributed by atoms with van der Waals surface area (Å²) in [4.78, 5) is 6.18. The Kier molecular flexibility index (Phi) is 5.56. The highest BCUT2D eigenvalue weighted by Gasteiger charge is 2.49. The van der Waals surface area contributed by atoms with Crippen LogP contribution in [-0.4, -0.2) is 48.1 Å². The molecule has 7 nitrogen and oxygen atoms in total. The van der Waals surface area contributed by atoms with E-state index in [-0.39, 0.29) is 18.1 Å². The molecule has 0 fully saturated rings. The van der Waals surface area contributed by atoms with E-state index in [0.29, 0.717) is 24.4 Å². The summed E-state index contributed by atoms with van der Waals surface area (Å²) in [6.07, 6.45) is 2.06. The second-order valence-corrected chi connectivity index (χ2v) is 8.71. The Morgan fingerprint density at radius 3 is 2.62 bits per heavy atom. The van der Waals surface area contributed by atoms with Gasteiger partial charge in [-0.15, -0.1) is 0 Å². The first-order valence-corrected chi connectivity index (χ1v) is 10.3. The Morgan fingerprint density at radius 2 is 2.03 bits per heavy atom. The van der Waals surface area contributed by atoms with Gasteiger partial charge in [-0.3, -0.25) is 9.47 Å². The molecule has 2 aromatic rings. The van der Waals surface area contributed by atoms with Crippen LogP contribution in [0.4, 0.5) is 13.2 Å². The zero-order chi connectivity index (χ0) is 21.6. The van der Waals surface area contributed by atoms with Crippen LogP contribution in [0.2, 0.25) is 0 Å². The van der Waals surface area contributed by atoms with Gasteiger partial charge in [0, 0.05) is 25.7 Å². The Bertz CT molecular complexity index is 1060. The molecule has 1 aliphatic rings. The molecule has 2 heterocycles. The van der Waals surface area contributed by atoms with Crippen molar-refractivity contribution in [1.82, 2.24) is 14.5 Å². The lowest BCUT2D eigenvalue weighted by Crippen LogP contribution is -2.35. The SMILES string of the molecule is COc1ccc2c3c1nc(OS(=O)(=O)C(F)(F)F)n3C[C@H](C)N(CC=C(C)C)C2. The topological polar surface area (TPSA) is 73.7 Å². The van der Waals surface area contributed by atoms with Crippen LogP contribution in [0.3, 0.4) is 0 Å². The molecule has 0 N–H and O–H groups in total. The monoisotopic (exact) mass is 433 g/mol. The Hall–Kier alpha value is -2.27. The second kappa shape index (κ2) is 7.52. The lowest BCUT2D eigenvalue weighted by Gasteiger charge is -2.26. The van der Waals surface area contributed by atoms with Crippen molar-refractivity contribution in [3.05, 3.63) is 29.3 Å². The van der Waals surface area contributed by atoms with Gasteiger partial charge in [0.25, 0.3) is 0 Å². The van der Waals surface area contributed by atoms with Gasteiger partial charge < -0.3 is 8.92 Å². The normalized spacial score (nSPS) is 17.8. The number of rotatable bonds is 5. The molecular formula is C18H22F3N3O4S. The van der Waals surface area contributed by atoms with Gasteiger partial charge in [-0.05, 0) is 32.4 Å². The molecule has 11 heteroatoms. The van der Waals surface area contributed by atoms with Gasteiger partial charge in [0.05, 0.1) is 12.6 Å². The minimum Gasteiger partial charge on any atom is -0.494 e. The molecule has 0 bridgehead atoms. The number of allylic oxidation sites excluding steroid dienone is 1. The fourth-order valence-corrected chi connectivity index (χ4v) is 3.65. The quantitative estimate of drug-likeness (QED) is 0.409. The molecule has 3 rings (SSSR count). The van der Waals surface area contributed by atoms with Crippen molar-refractivity contribution in [3.8, 4) is 11.8 Å². The Morgan fingerprint density at radius 1 is 1.34 bits per heavy atom. The van der Waals surface area contributed by atoms with E-state index in [2.05, 4.69) is 20.1 Å². The van der Waals surface area contributed by atoms with Gasteiger partial charge in [-0.25, -0.2) is 0 Å². The van der Waals surface area contributed by atoms with Gasteiger partial charge in [-0.1, -0.05) is 17.7 Å². The highest BCUT2D eigenvalue weighted by molar-refractivity contribution is 7.87. The first-order valence-electron chi connectivity index (χ1n) is 8.89. The van der Waals surface area contributed by atoms with Crippen LogP contribution in [0, 0.1) is 0 Å². The molecule has 0 amide bonds. The van der Waals surface area contributed by atoms with Crippen LogP contribution >= 0.6 is 0 Å². The summed E-state index contributed by atoms with van der Waals surface area (Å²) in [5.74, 6) is 0.321. The van der Waals surface area contributed by atoms with E-state index in [1.54, 1.807) is 12.1 Å². The van der Waals surface area contributed by atoms with Crippen molar-refractivity contribution in [3.63, 3.8) is 0 Å². The number of aromatic nitrogens is 2. The summed E-state index contributed by atoms with van der Waals surface area (Å²) < 4.78 is 72.8. The van der Waals surface area contributed by atoms with E-state index >= 15 is 0 Å². The number of hydrogen-bond donors (Lipinski definition) is 0. The zero-order valence-electron chi connectivity index (χ0n) is 16.4. The first kappa shape index (κ1) is 21.4. The number of nitrogens with zero attached hydrogens (tertiary/aromatic N) is 3. The standard InChI is InChI=1S/C18H22F3N3O4S/c1-11(2)7-8-23-10-13-5-6-14(27-4)15-16(13)24(9-12(23)3)17(22-15)28-29(25,26)18(19,20)21/h5-7,12H,8-10H2,1-4H3/t12-/m0/s1. The lowest BCUT2D eigenvalue weighted by atomic mass is 10.1. The summed E-state index contributed by atoms with van der Waals surface area (Å²) >= 11 is 0. The molecule has 1 atom stereocenters. The van der Waals surface area contributed by atoms with E-state index in [1.165, 1.54) is 11.7 Å². The predicted molar refractivity (Wildman–Crippen MR) is 101 cm³/mol. The molecule has 1 aromatic carbocycles. The average molecular weight is 433 g/mol. The van der Waals surface area contributed by atoms with Gasteiger partial charge in [0.15, 0.2) is 0 Å². The molecule has 0 spiro atoms. The van der Waals surface area contributed by atoms with Crippen LogP contribution < -0.4 is 8.92 Å². The fraction of sp³-hybridized carbons (Fsp3) is 0.500. The second-order valence-electron chi connectivity index (χ2n) is 7.17. The highest BCUT2D eigenvalue weighted by Crippen LogP contribution is 2.36. The van der Waals surface area contributed by atoms with E-state index in [4.69, 9.17) is 4.74 Å². The average Bonchev–Trinajstić information content (AvgIpc) is 2.87. The van der Waals surface area contributed by atoms with Crippen LogP contribution in [0.25, 0.3) is 11.0 Å². The molecule has 0 aliphatic carbocycles. The van der Waals surface area contributed by atoms with Crippen molar-refractivity contribution < 1.29 is 30.5 Å². The smallest absolute Gasteiger partial charge is 0.494 e. The van der Waals surface area contributed by atoms with E-state index in [0.717, 1.165) is 11.1 Å². The molecule has 0 radical (unpaired) electrons. The number of hydrogen-bond acceptors (Lipinski definition) is 6. The third kappa shape index (κ3) is 4.06. The summed E-state index contributed by atoms with van der Waals surface area (Å²) in [7, 11) is -4.44. The first-order chi connectivity index (χ1) is 13.4. The summed E-state index contributed by atoms with van der Waals surface area (Å²) in [5.41, 5.74) is -2.86. The van der Waals surface area contributed by atoms with Crippen LogP contribution in [-0.2, 0) is 23.2 Å². The van der Waals surface area contributed by atoms with Gasteiger partial charge >= 0.3 is 21.6 Å². The number of methoxy groups -OCH3 is 1. The van der Waals surface area contributed by atoms with Crippen molar-refractivity contribution in [2.75, 3.05) is 13.7 Å². The molecule has 160 valence electrons. The largest absolute Gasteiger partial charge is 0.534 e. The van der Waals surface area contributed by atoms with E-state index in [1.807, 2.05) is 20.8 Å². The van der Waals surface area contributed by atoms with Gasteiger partial charge in [0.1, 0.15) is 11.3 Å². The zero-order valence-corrected chi connectivity index (χ0v) is 17.3. The number of benzene rings is 1. The molecule has 0 saturated carbocycles. The summed E-state index contributed by atoms with van der Waals surface area (Å²) in [5, 5.41) is 0. The molecule has 0 unspecified atom stereocenters. The number of alkyl halides is 3. The molecular weight excluding hydrogens is 411 g/mol. The summed E-state index contributed by atoms with van der Waals surface area (Å²) in [6.45, 7) is 7.24. The minimum absolute atomic E-state index is 0.114. The van der Waals surface area contributed by atoms with Crippen LogP contribution in [0.1, 0.15) is 26.3 Å². The molecule has 1 aromatic heterocycles. The maximum Gasteiger partial charge on any atom is 0.534 e. The number of ether oxygens (including phenoxy) is 1. The number of halogens is 3. The minimum atomic E-state index is -5.85. The highest BCUT2D eigenvalue weighted by atomic mass is 32.2. The fourth-order valence-electron chi connectivity index (χ4n) is 3.23. The van der Waals surface area contributed by atoms with Crippen LogP contribution in [0.15, 0.2) is 23.8 Å². The van der Waals surface area contributed by atoms with Gasteiger partial charge in [-0.2, -0.15) is 26.6 Å². The van der Waals surface area contributed by atoms with Gasteiger partial charge in [0.2, 0.25) is 0 Å². The maximum absolute atomic E-state index is 12.9. The Balaban J connectivity index is 2.14. The maximum atomic E-state index is 12.9. The molecule has 1 aliphatic heterocycles. The third-order valence-corrected chi connectivity index (χ3v) is 5.71. The summed E-state index contributed by atoms with van der Waals surface area (Å²) in [6, 6.07) is 2.72. The third-order valence-electron chi connectivity index (χ3n) is 4.77. The van der Waals surface area contributed by atoms with E-state index < -0.39 is 21.6 Å². The molecule has 0 saturated heterocycles. The van der Waals surface area contributed by atoms with Crippen molar-refractivity contribution in [2.45, 2.75) is 45.4 Å². The van der Waals surface area contributed by atoms with Crippen LogP contribution in [0.5, 0.6) is 11.8 Å². The van der Waals surface area contributed by atoms with Crippen molar-refractivity contribution in [2.24, 2.45) is 0 Å².